The first-order valence-electron chi connectivity index (χ1n) is 6.97. The molecule has 9 heteroatoms. The van der Waals surface area contributed by atoms with E-state index in [1.807, 2.05) is 42.5 Å². The summed E-state index contributed by atoms with van der Waals surface area (Å²) in [5.41, 5.74) is 6.04. The van der Waals surface area contributed by atoms with Gasteiger partial charge in [-0.15, -0.1) is 10.2 Å². The topological polar surface area (TPSA) is 102 Å². The average molecular weight is 349 g/mol. The molecule has 0 radical (unpaired) electrons. The molecule has 3 N–H and O–H groups in total. The molecule has 0 saturated carbocycles. The number of aromatic nitrogens is 3. The quantitative estimate of drug-likeness (QED) is 0.703. The number of thioether (sulfide) groups is 1. The van der Waals surface area contributed by atoms with Gasteiger partial charge in [-0.05, 0) is 18.1 Å². The van der Waals surface area contributed by atoms with Gasteiger partial charge in [-0.3, -0.25) is 14.5 Å². The van der Waals surface area contributed by atoms with Gasteiger partial charge in [-0.1, -0.05) is 49.1 Å². The third-order valence-corrected chi connectivity index (χ3v) is 5.75. The molecular formula is C14H15N5O2S2. The lowest BCUT2D eigenvalue weighted by molar-refractivity contribution is -0.120. The van der Waals surface area contributed by atoms with E-state index in [4.69, 9.17) is 5.73 Å². The zero-order valence-electron chi connectivity index (χ0n) is 12.5. The van der Waals surface area contributed by atoms with E-state index in [1.54, 1.807) is 0 Å². The summed E-state index contributed by atoms with van der Waals surface area (Å²) in [6.45, 7) is 3.81. The lowest BCUT2D eigenvalue weighted by Crippen LogP contribution is -2.42. The Kier molecular flexibility index (Phi) is 4.22. The van der Waals surface area contributed by atoms with Crippen molar-refractivity contribution in [3.8, 4) is 0 Å². The summed E-state index contributed by atoms with van der Waals surface area (Å²) in [5, 5.41) is 10.6. The van der Waals surface area contributed by atoms with Crippen molar-refractivity contribution >= 4 is 50.2 Å². The van der Waals surface area contributed by atoms with Crippen LogP contribution in [0.15, 0.2) is 29.4 Å². The van der Waals surface area contributed by atoms with Crippen molar-refractivity contribution < 1.29 is 9.59 Å². The third-order valence-electron chi connectivity index (χ3n) is 3.25. The molecule has 2 heterocycles. The van der Waals surface area contributed by atoms with Crippen molar-refractivity contribution in [2.75, 3.05) is 0 Å². The van der Waals surface area contributed by atoms with E-state index in [-0.39, 0.29) is 5.92 Å². The fourth-order valence-corrected chi connectivity index (χ4v) is 4.30. The Balaban J connectivity index is 1.98. The lowest BCUT2D eigenvalue weighted by Gasteiger charge is -2.17. The molecule has 0 spiro atoms. The number of para-hydroxylation sites is 1. The molecule has 2 aromatic heterocycles. The first kappa shape index (κ1) is 15.8. The van der Waals surface area contributed by atoms with Crippen molar-refractivity contribution in [3.05, 3.63) is 24.3 Å². The molecule has 0 saturated heterocycles. The minimum absolute atomic E-state index is 0.00315. The van der Waals surface area contributed by atoms with Gasteiger partial charge in [0.2, 0.25) is 10.9 Å². The highest BCUT2D eigenvalue weighted by Gasteiger charge is 2.27. The number of carbonyl (C=O) groups excluding carboxylic acids is 2. The number of primary amides is 1. The minimum atomic E-state index is -0.853. The SMILES string of the molecule is CC(C)[C@H](Sc1nnc2sc3ccccc3n12)C(=O)NC(N)=O. The molecular weight excluding hydrogens is 334 g/mol. The zero-order chi connectivity index (χ0) is 16.6. The summed E-state index contributed by atoms with van der Waals surface area (Å²) in [6.07, 6.45) is 0. The maximum Gasteiger partial charge on any atom is 0.318 e. The Hall–Kier alpha value is -2.13. The fraction of sp³-hybridized carbons (Fsp3) is 0.286. The Morgan fingerprint density at radius 1 is 1.30 bits per heavy atom. The van der Waals surface area contributed by atoms with Gasteiger partial charge in [-0.2, -0.15) is 0 Å². The number of nitrogens with one attached hydrogen (secondary N) is 1. The van der Waals surface area contributed by atoms with E-state index in [2.05, 4.69) is 15.5 Å². The molecule has 3 amide bonds. The summed E-state index contributed by atoms with van der Waals surface area (Å²) in [7, 11) is 0. The number of amides is 3. The van der Waals surface area contributed by atoms with Gasteiger partial charge in [0.15, 0.2) is 5.16 Å². The van der Waals surface area contributed by atoms with Crippen LogP contribution in [0.1, 0.15) is 13.8 Å². The van der Waals surface area contributed by atoms with Gasteiger partial charge >= 0.3 is 6.03 Å². The van der Waals surface area contributed by atoms with E-state index in [1.165, 1.54) is 23.1 Å². The molecule has 3 rings (SSSR count). The Bertz CT molecular complexity index is 886. The third kappa shape index (κ3) is 3.02. The molecule has 1 atom stereocenters. The molecule has 0 fully saturated rings. The largest absolute Gasteiger partial charge is 0.351 e. The Labute approximate surface area is 140 Å². The van der Waals surface area contributed by atoms with Crippen molar-refractivity contribution in [1.29, 1.82) is 0 Å². The van der Waals surface area contributed by atoms with Gasteiger partial charge in [0.1, 0.15) is 0 Å². The number of nitrogens with zero attached hydrogens (tertiary/aromatic N) is 3. The standard InChI is InChI=1S/C14H15N5O2S2/c1-7(2)10(11(20)16-12(15)21)23-14-18-17-13-19(14)8-5-3-4-6-9(8)22-13/h3-7,10H,1-2H3,(H3,15,16,20,21)/t10-/m0/s1. The molecule has 23 heavy (non-hydrogen) atoms. The number of hydrogen-bond donors (Lipinski definition) is 2. The second kappa shape index (κ2) is 6.17. The molecule has 0 aliphatic carbocycles. The monoisotopic (exact) mass is 349 g/mol. The van der Waals surface area contributed by atoms with Gasteiger partial charge < -0.3 is 5.73 Å². The van der Waals surface area contributed by atoms with Gasteiger partial charge in [0.05, 0.1) is 15.5 Å². The molecule has 0 aliphatic rings. The number of thiazole rings is 1. The van der Waals surface area contributed by atoms with Crippen molar-refractivity contribution in [2.24, 2.45) is 11.7 Å². The normalized spacial score (nSPS) is 12.8. The van der Waals surface area contributed by atoms with Gasteiger partial charge in [0.25, 0.3) is 0 Å². The van der Waals surface area contributed by atoms with E-state index in [9.17, 15) is 9.59 Å². The van der Waals surface area contributed by atoms with E-state index in [0.717, 1.165) is 15.2 Å². The lowest BCUT2D eigenvalue weighted by atomic mass is 10.1. The number of fused-ring (bicyclic) bond motifs is 3. The second-order valence-corrected chi connectivity index (χ2v) is 7.42. The highest BCUT2D eigenvalue weighted by atomic mass is 32.2. The summed E-state index contributed by atoms with van der Waals surface area (Å²) in [6, 6.07) is 7.06. The number of benzene rings is 1. The minimum Gasteiger partial charge on any atom is -0.351 e. The number of carbonyl (C=O) groups is 2. The molecule has 0 bridgehead atoms. The number of hydrogen-bond acceptors (Lipinski definition) is 6. The second-order valence-electron chi connectivity index (χ2n) is 5.31. The first-order chi connectivity index (χ1) is 11.0. The summed E-state index contributed by atoms with van der Waals surface area (Å²) in [4.78, 5) is 23.9. The van der Waals surface area contributed by atoms with Crippen LogP contribution in [0.2, 0.25) is 0 Å². The predicted octanol–water partition coefficient (Wildman–Crippen LogP) is 2.26. The Morgan fingerprint density at radius 3 is 2.74 bits per heavy atom. The fourth-order valence-electron chi connectivity index (χ4n) is 2.23. The molecule has 7 nitrogen and oxygen atoms in total. The van der Waals surface area contributed by atoms with Crippen LogP contribution in [0, 0.1) is 5.92 Å². The van der Waals surface area contributed by atoms with E-state index < -0.39 is 17.2 Å². The van der Waals surface area contributed by atoms with Crippen LogP contribution >= 0.6 is 23.1 Å². The van der Waals surface area contributed by atoms with E-state index in [0.29, 0.717) is 5.16 Å². The number of urea groups is 1. The van der Waals surface area contributed by atoms with Crippen LogP contribution in [0.25, 0.3) is 15.2 Å². The highest BCUT2D eigenvalue weighted by Crippen LogP contribution is 2.33. The van der Waals surface area contributed by atoms with Crippen LogP contribution in [0.3, 0.4) is 0 Å². The smallest absolute Gasteiger partial charge is 0.318 e. The zero-order valence-corrected chi connectivity index (χ0v) is 14.1. The maximum absolute atomic E-state index is 12.2. The van der Waals surface area contributed by atoms with Crippen LogP contribution in [0.4, 0.5) is 4.79 Å². The van der Waals surface area contributed by atoms with Crippen molar-refractivity contribution in [3.63, 3.8) is 0 Å². The van der Waals surface area contributed by atoms with Crippen molar-refractivity contribution in [1.82, 2.24) is 19.9 Å². The van der Waals surface area contributed by atoms with Crippen LogP contribution in [-0.4, -0.2) is 31.8 Å². The first-order valence-corrected chi connectivity index (χ1v) is 8.66. The highest BCUT2D eigenvalue weighted by molar-refractivity contribution is 8.00. The van der Waals surface area contributed by atoms with Gasteiger partial charge in [-0.25, -0.2) is 4.79 Å². The number of rotatable bonds is 4. The molecule has 120 valence electrons. The van der Waals surface area contributed by atoms with E-state index >= 15 is 0 Å². The van der Waals surface area contributed by atoms with Gasteiger partial charge in [0, 0.05) is 0 Å². The maximum atomic E-state index is 12.2. The molecule has 0 aliphatic heterocycles. The summed E-state index contributed by atoms with van der Waals surface area (Å²) < 4.78 is 3.03. The van der Waals surface area contributed by atoms with Crippen LogP contribution < -0.4 is 11.1 Å². The summed E-state index contributed by atoms with van der Waals surface area (Å²) in [5.74, 6) is -0.426. The molecule has 0 unspecified atom stereocenters. The van der Waals surface area contributed by atoms with Crippen LogP contribution in [0.5, 0.6) is 0 Å². The summed E-state index contributed by atoms with van der Waals surface area (Å²) >= 11 is 2.82. The predicted molar refractivity (Wildman–Crippen MR) is 90.6 cm³/mol. The molecule has 3 aromatic rings. The van der Waals surface area contributed by atoms with Crippen LogP contribution in [-0.2, 0) is 4.79 Å². The Morgan fingerprint density at radius 2 is 2.04 bits per heavy atom. The van der Waals surface area contributed by atoms with Crippen molar-refractivity contribution in [2.45, 2.75) is 24.3 Å². The number of nitrogens with two attached hydrogens (primary N) is 1. The average Bonchev–Trinajstić information content (AvgIpc) is 3.02. The molecule has 1 aromatic carbocycles. The number of imide groups is 1.